The van der Waals surface area contributed by atoms with Crippen LogP contribution >= 0.6 is 0 Å². The molecule has 0 bridgehead atoms. The Hall–Kier alpha value is -2.71. The molecule has 0 aromatic carbocycles. The summed E-state index contributed by atoms with van der Waals surface area (Å²) in [6.45, 7) is 1.48. The molecule has 23 heavy (non-hydrogen) atoms. The van der Waals surface area contributed by atoms with Gasteiger partial charge >= 0.3 is 11.7 Å². The number of hydrogen-bond acceptors (Lipinski definition) is 7. The summed E-state index contributed by atoms with van der Waals surface area (Å²) in [6.07, 6.45) is 4.64. The van der Waals surface area contributed by atoms with E-state index in [0.717, 1.165) is 18.9 Å². The van der Waals surface area contributed by atoms with Crippen molar-refractivity contribution in [3.05, 3.63) is 34.9 Å². The zero-order valence-electron chi connectivity index (χ0n) is 12.8. The largest absolute Gasteiger partial charge is 0.457 e. The average Bonchev–Trinajstić information content (AvgIpc) is 2.92. The molecule has 1 aliphatic heterocycles. The minimum Gasteiger partial charge on any atom is -0.457 e. The van der Waals surface area contributed by atoms with Crippen LogP contribution in [-0.4, -0.2) is 43.8 Å². The fraction of sp³-hybridized carbons (Fsp3) is 0.500. The van der Waals surface area contributed by atoms with Crippen molar-refractivity contribution in [1.82, 2.24) is 24.7 Å². The predicted molar refractivity (Wildman–Crippen MR) is 80.6 cm³/mol. The van der Waals surface area contributed by atoms with Gasteiger partial charge in [0.15, 0.2) is 12.4 Å². The molecule has 3 rings (SSSR count). The van der Waals surface area contributed by atoms with Gasteiger partial charge in [0, 0.05) is 26.3 Å². The first-order chi connectivity index (χ1) is 11.1. The maximum absolute atomic E-state index is 12.1. The van der Waals surface area contributed by atoms with Crippen LogP contribution in [0.4, 0.5) is 5.82 Å². The number of carbonyl (C=O) groups excluding carboxylic acids is 1. The highest BCUT2D eigenvalue weighted by atomic mass is 16.5. The van der Waals surface area contributed by atoms with E-state index in [1.54, 1.807) is 6.20 Å². The van der Waals surface area contributed by atoms with Crippen molar-refractivity contribution >= 4 is 11.8 Å². The van der Waals surface area contributed by atoms with Crippen LogP contribution < -0.4 is 10.6 Å². The minimum absolute atomic E-state index is 0.0129. The Morgan fingerprint density at radius 3 is 2.83 bits per heavy atom. The molecule has 3 heterocycles. The van der Waals surface area contributed by atoms with Crippen molar-refractivity contribution in [3.8, 4) is 0 Å². The van der Waals surface area contributed by atoms with E-state index in [2.05, 4.69) is 25.0 Å². The van der Waals surface area contributed by atoms with Gasteiger partial charge in [-0.3, -0.25) is 9.78 Å². The van der Waals surface area contributed by atoms with Crippen LogP contribution in [0.2, 0.25) is 0 Å². The molecule has 2 aromatic rings. The zero-order chi connectivity index (χ0) is 16.2. The maximum atomic E-state index is 12.1. The fourth-order valence-corrected chi connectivity index (χ4v) is 2.59. The van der Waals surface area contributed by atoms with E-state index in [0.29, 0.717) is 18.7 Å². The molecule has 0 atom stereocenters. The predicted octanol–water partition coefficient (Wildman–Crippen LogP) is -0.142. The van der Waals surface area contributed by atoms with Crippen LogP contribution in [0.5, 0.6) is 0 Å². The number of piperidine rings is 1. The molecular weight excluding hydrogens is 300 g/mol. The summed E-state index contributed by atoms with van der Waals surface area (Å²) in [5, 5.41) is 3.93. The highest BCUT2D eigenvalue weighted by Gasteiger charge is 2.27. The van der Waals surface area contributed by atoms with Crippen LogP contribution in [0.1, 0.15) is 18.7 Å². The number of nitrogens with zero attached hydrogens (tertiary/aromatic N) is 5. The number of carbonyl (C=O) groups is 1. The highest BCUT2D eigenvalue weighted by Crippen LogP contribution is 2.22. The van der Waals surface area contributed by atoms with Gasteiger partial charge in [0.2, 0.25) is 0 Å². The minimum atomic E-state index is -0.325. The zero-order valence-corrected chi connectivity index (χ0v) is 12.8. The van der Waals surface area contributed by atoms with Gasteiger partial charge in [0.05, 0.1) is 5.92 Å². The molecule has 0 aliphatic carbocycles. The van der Waals surface area contributed by atoms with Crippen LogP contribution in [0.15, 0.2) is 23.4 Å². The molecule has 1 aliphatic rings. The monoisotopic (exact) mass is 318 g/mol. The number of aromatic nitrogens is 5. The Kier molecular flexibility index (Phi) is 4.35. The van der Waals surface area contributed by atoms with Gasteiger partial charge < -0.3 is 9.64 Å². The van der Waals surface area contributed by atoms with Crippen LogP contribution in [-0.2, 0) is 23.2 Å². The molecular formula is C14H18N6O3. The lowest BCUT2D eigenvalue weighted by Gasteiger charge is -2.31. The third-order valence-corrected chi connectivity index (χ3v) is 3.89. The number of esters is 1. The average molecular weight is 318 g/mol. The molecule has 9 heteroatoms. The number of aryl methyl sites for hydroxylation is 1. The van der Waals surface area contributed by atoms with Gasteiger partial charge in [-0.05, 0) is 18.9 Å². The van der Waals surface area contributed by atoms with E-state index in [9.17, 15) is 9.59 Å². The molecule has 0 unspecified atom stereocenters. The van der Waals surface area contributed by atoms with E-state index in [1.807, 2.05) is 6.07 Å². The van der Waals surface area contributed by atoms with Gasteiger partial charge in [0.25, 0.3) is 0 Å². The lowest BCUT2D eigenvalue weighted by Crippen LogP contribution is -2.37. The smallest absolute Gasteiger partial charge is 0.343 e. The normalized spacial score (nSPS) is 15.6. The summed E-state index contributed by atoms with van der Waals surface area (Å²) >= 11 is 0. The fourth-order valence-electron chi connectivity index (χ4n) is 2.59. The lowest BCUT2D eigenvalue weighted by atomic mass is 9.97. The summed E-state index contributed by atoms with van der Waals surface area (Å²) < 4.78 is 6.42. The van der Waals surface area contributed by atoms with Gasteiger partial charge in [0.1, 0.15) is 12.1 Å². The van der Waals surface area contributed by atoms with Crippen LogP contribution in [0, 0.1) is 5.92 Å². The summed E-state index contributed by atoms with van der Waals surface area (Å²) in [7, 11) is 1.53. The molecule has 0 saturated carbocycles. The Labute approximate surface area is 132 Å². The first-order valence-electron chi connectivity index (χ1n) is 7.43. The summed E-state index contributed by atoms with van der Waals surface area (Å²) in [6, 6.07) is 1.86. The van der Waals surface area contributed by atoms with Gasteiger partial charge in [-0.25, -0.2) is 19.4 Å². The van der Waals surface area contributed by atoms with Crippen molar-refractivity contribution in [2.45, 2.75) is 19.4 Å². The van der Waals surface area contributed by atoms with Gasteiger partial charge in [-0.15, -0.1) is 0 Å². The number of hydrogen-bond donors (Lipinski definition) is 1. The van der Waals surface area contributed by atoms with Crippen molar-refractivity contribution in [3.63, 3.8) is 0 Å². The van der Waals surface area contributed by atoms with Crippen molar-refractivity contribution < 1.29 is 9.53 Å². The molecule has 1 saturated heterocycles. The van der Waals surface area contributed by atoms with Gasteiger partial charge in [-0.1, -0.05) is 0 Å². The number of ether oxygens (including phenoxy) is 1. The standard InChI is InChI=1S/C14H18N6O3/c1-19-14(22)17-11(18-19)8-23-13(21)10-3-6-20(7-4-10)12-2-5-15-9-16-12/h2,5,9-10H,3-4,6-8H2,1H3,(H,17,18,22). The van der Waals surface area contributed by atoms with E-state index >= 15 is 0 Å². The van der Waals surface area contributed by atoms with Crippen molar-refractivity contribution in [2.24, 2.45) is 13.0 Å². The molecule has 1 N–H and O–H groups in total. The Bertz CT molecular complexity index is 718. The number of anilines is 1. The molecule has 0 radical (unpaired) electrons. The Morgan fingerprint density at radius 1 is 1.43 bits per heavy atom. The second kappa shape index (κ2) is 6.59. The number of aromatic amines is 1. The number of nitrogens with one attached hydrogen (secondary N) is 1. The number of rotatable bonds is 4. The van der Waals surface area contributed by atoms with Gasteiger partial charge in [-0.2, -0.15) is 5.10 Å². The molecule has 0 spiro atoms. The van der Waals surface area contributed by atoms with Crippen molar-refractivity contribution in [2.75, 3.05) is 18.0 Å². The SMILES string of the molecule is Cn1nc(COC(=O)C2CCN(c3ccncn3)CC2)[nH]c1=O. The number of H-pyrrole nitrogens is 1. The van der Waals surface area contributed by atoms with E-state index in [-0.39, 0.29) is 24.2 Å². The molecule has 1 fully saturated rings. The molecule has 122 valence electrons. The summed E-state index contributed by atoms with van der Waals surface area (Å²) in [5.74, 6) is 0.838. The Morgan fingerprint density at radius 2 is 2.22 bits per heavy atom. The third-order valence-electron chi connectivity index (χ3n) is 3.89. The maximum Gasteiger partial charge on any atom is 0.343 e. The van der Waals surface area contributed by atoms with E-state index in [4.69, 9.17) is 4.74 Å². The van der Waals surface area contributed by atoms with Crippen LogP contribution in [0.3, 0.4) is 0 Å². The topological polar surface area (TPSA) is 106 Å². The summed E-state index contributed by atoms with van der Waals surface area (Å²) in [5.41, 5.74) is -0.325. The second-order valence-corrected chi connectivity index (χ2v) is 5.44. The van der Waals surface area contributed by atoms with E-state index in [1.165, 1.54) is 18.1 Å². The van der Waals surface area contributed by atoms with Crippen LogP contribution in [0.25, 0.3) is 0 Å². The highest BCUT2D eigenvalue weighted by molar-refractivity contribution is 5.72. The van der Waals surface area contributed by atoms with Crippen molar-refractivity contribution in [1.29, 1.82) is 0 Å². The lowest BCUT2D eigenvalue weighted by molar-refractivity contribution is -0.150. The molecule has 2 aromatic heterocycles. The third kappa shape index (κ3) is 3.55. The molecule has 9 nitrogen and oxygen atoms in total. The second-order valence-electron chi connectivity index (χ2n) is 5.44. The molecule has 0 amide bonds. The Balaban J connectivity index is 1.49. The first kappa shape index (κ1) is 15.2. The first-order valence-corrected chi connectivity index (χ1v) is 7.43. The van der Waals surface area contributed by atoms with E-state index < -0.39 is 0 Å². The quantitative estimate of drug-likeness (QED) is 0.782. The summed E-state index contributed by atoms with van der Waals surface area (Å²) in [4.78, 5) is 36.1.